The molecule has 1 aromatic carbocycles. The van der Waals surface area contributed by atoms with E-state index in [0.29, 0.717) is 5.56 Å². The molecule has 0 aliphatic carbocycles. The number of carbonyl (C=O) groups excluding carboxylic acids is 1. The summed E-state index contributed by atoms with van der Waals surface area (Å²) in [5.41, 5.74) is 4.47. The average molecular weight is 327 g/mol. The molecule has 0 bridgehead atoms. The Morgan fingerprint density at radius 2 is 1.83 bits per heavy atom. The summed E-state index contributed by atoms with van der Waals surface area (Å²) in [7, 11) is 0. The van der Waals surface area contributed by atoms with Crippen LogP contribution in [0.5, 0.6) is 0 Å². The first kappa shape index (κ1) is 16.9. The Labute approximate surface area is 130 Å². The maximum Gasteiger partial charge on any atom is 0.435 e. The molecule has 8 heteroatoms. The highest BCUT2D eigenvalue weighted by molar-refractivity contribution is 5.74. The predicted octanol–water partition coefficient (Wildman–Crippen LogP) is 3.93. The van der Waals surface area contributed by atoms with E-state index in [9.17, 15) is 18.0 Å². The molecule has 0 spiro atoms. The molecule has 2 aromatic rings. The van der Waals surface area contributed by atoms with Crippen molar-refractivity contribution in [3.63, 3.8) is 0 Å². The first-order valence-corrected chi connectivity index (χ1v) is 6.72. The quantitative estimate of drug-likeness (QED) is 0.806. The Hall–Kier alpha value is -2.51. The highest BCUT2D eigenvalue weighted by Gasteiger charge is 2.31. The lowest BCUT2D eigenvalue weighted by Gasteiger charge is -2.18. The molecular weight excluding hydrogens is 311 g/mol. The van der Waals surface area contributed by atoms with Gasteiger partial charge in [-0.3, -0.25) is 0 Å². The maximum absolute atomic E-state index is 12.8. The summed E-state index contributed by atoms with van der Waals surface area (Å²) in [6, 6.07) is 3.18. The van der Waals surface area contributed by atoms with Crippen molar-refractivity contribution in [2.24, 2.45) is 0 Å². The fourth-order valence-electron chi connectivity index (χ4n) is 1.86. The molecule has 0 unspecified atom stereocenters. The molecule has 124 valence electrons. The van der Waals surface area contributed by atoms with Gasteiger partial charge in [0.2, 0.25) is 0 Å². The zero-order valence-electron chi connectivity index (χ0n) is 12.8. The van der Waals surface area contributed by atoms with Crippen molar-refractivity contribution in [2.75, 3.05) is 5.73 Å². The monoisotopic (exact) mass is 327 g/mol. The summed E-state index contributed by atoms with van der Waals surface area (Å²) in [5, 5.41) is 3.82. The molecule has 0 fully saturated rings. The van der Waals surface area contributed by atoms with Crippen LogP contribution in [0.1, 0.15) is 26.3 Å². The van der Waals surface area contributed by atoms with Crippen molar-refractivity contribution in [3.05, 3.63) is 36.2 Å². The zero-order chi connectivity index (χ0) is 17.4. The second-order valence-electron chi connectivity index (χ2n) is 6.00. The molecule has 0 amide bonds. The lowest BCUT2D eigenvalue weighted by atomic mass is 10.0. The van der Waals surface area contributed by atoms with Gasteiger partial charge in [0.15, 0.2) is 0 Å². The summed E-state index contributed by atoms with van der Waals surface area (Å²) in [4.78, 5) is 11.9. The van der Waals surface area contributed by atoms with Gasteiger partial charge in [-0.2, -0.15) is 23.0 Å². The van der Waals surface area contributed by atoms with Gasteiger partial charge < -0.3 is 10.5 Å². The number of alkyl halides is 3. The number of benzene rings is 1. The molecule has 0 atom stereocenters. The van der Waals surface area contributed by atoms with Gasteiger partial charge in [0.05, 0.1) is 11.8 Å². The number of nitrogens with two attached hydrogens (primary N) is 1. The van der Waals surface area contributed by atoms with Crippen LogP contribution in [-0.4, -0.2) is 21.5 Å². The van der Waals surface area contributed by atoms with Crippen molar-refractivity contribution in [1.29, 1.82) is 0 Å². The number of rotatable bonds is 1. The predicted molar refractivity (Wildman–Crippen MR) is 78.7 cm³/mol. The van der Waals surface area contributed by atoms with E-state index in [1.165, 1.54) is 18.5 Å². The first-order chi connectivity index (χ1) is 10.5. The third-order valence-corrected chi connectivity index (χ3v) is 2.78. The average Bonchev–Trinajstić information content (AvgIpc) is 2.84. The van der Waals surface area contributed by atoms with E-state index >= 15 is 0 Å². The van der Waals surface area contributed by atoms with E-state index in [1.54, 1.807) is 20.8 Å². The topological polar surface area (TPSA) is 70.1 Å². The summed E-state index contributed by atoms with van der Waals surface area (Å²) in [6.45, 7) is 5.09. The summed E-state index contributed by atoms with van der Waals surface area (Å²) >= 11 is 0. The number of hydrogen-bond acceptors (Lipinski definition) is 4. The molecular formula is C15H16F3N3O2. The molecule has 23 heavy (non-hydrogen) atoms. The molecule has 0 radical (unpaired) electrons. The second-order valence-corrected chi connectivity index (χ2v) is 6.00. The largest absolute Gasteiger partial charge is 0.442 e. The lowest BCUT2D eigenvalue weighted by Crippen LogP contribution is -2.27. The van der Waals surface area contributed by atoms with E-state index in [-0.39, 0.29) is 11.3 Å². The van der Waals surface area contributed by atoms with Crippen LogP contribution in [0.3, 0.4) is 0 Å². The molecule has 1 aromatic heterocycles. The molecule has 5 nitrogen and oxygen atoms in total. The standard InChI is InChI=1S/C15H16F3N3O2/c1-14(2,3)23-13(22)21-8-10(7-20-21)9-4-11(15(16,17)18)6-12(19)5-9/h4-8H,19H2,1-3H3. The lowest BCUT2D eigenvalue weighted by molar-refractivity contribution is -0.137. The molecule has 0 saturated carbocycles. The van der Waals surface area contributed by atoms with E-state index < -0.39 is 23.4 Å². The van der Waals surface area contributed by atoms with Gasteiger partial charge in [0.25, 0.3) is 0 Å². The summed E-state index contributed by atoms with van der Waals surface area (Å²) < 4.78 is 44.6. The van der Waals surface area contributed by atoms with Crippen molar-refractivity contribution in [2.45, 2.75) is 32.5 Å². The highest BCUT2D eigenvalue weighted by atomic mass is 19.4. The van der Waals surface area contributed by atoms with Gasteiger partial charge in [-0.15, -0.1) is 0 Å². The minimum absolute atomic E-state index is 0.0279. The smallest absolute Gasteiger partial charge is 0.435 e. The Bertz CT molecular complexity index is 730. The van der Waals surface area contributed by atoms with Gasteiger partial charge >= 0.3 is 12.3 Å². The number of ether oxygens (including phenoxy) is 1. The fourth-order valence-corrected chi connectivity index (χ4v) is 1.86. The Kier molecular flexibility index (Phi) is 4.10. The van der Waals surface area contributed by atoms with E-state index in [4.69, 9.17) is 10.5 Å². The van der Waals surface area contributed by atoms with Gasteiger partial charge in [-0.25, -0.2) is 4.79 Å². The number of nitrogen functional groups attached to an aromatic ring is 1. The Morgan fingerprint density at radius 3 is 2.39 bits per heavy atom. The van der Waals surface area contributed by atoms with Crippen LogP contribution in [0.15, 0.2) is 30.6 Å². The van der Waals surface area contributed by atoms with E-state index in [2.05, 4.69) is 5.10 Å². The highest BCUT2D eigenvalue weighted by Crippen LogP contribution is 2.34. The third kappa shape index (κ3) is 4.24. The van der Waals surface area contributed by atoms with Crippen LogP contribution < -0.4 is 5.73 Å². The van der Waals surface area contributed by atoms with Crippen LogP contribution in [0.4, 0.5) is 23.7 Å². The SMILES string of the molecule is CC(C)(C)OC(=O)n1cc(-c2cc(N)cc(C(F)(F)F)c2)cn1. The van der Waals surface area contributed by atoms with Crippen molar-refractivity contribution < 1.29 is 22.7 Å². The molecule has 0 saturated heterocycles. The summed E-state index contributed by atoms with van der Waals surface area (Å²) in [6.07, 6.45) is -2.66. The van der Waals surface area contributed by atoms with Crippen molar-refractivity contribution in [3.8, 4) is 11.1 Å². The molecule has 0 aliphatic heterocycles. The van der Waals surface area contributed by atoms with Crippen LogP contribution in [0, 0.1) is 0 Å². The van der Waals surface area contributed by atoms with Crippen molar-refractivity contribution >= 4 is 11.8 Å². The van der Waals surface area contributed by atoms with Gasteiger partial charge in [0, 0.05) is 17.4 Å². The summed E-state index contributed by atoms with van der Waals surface area (Å²) in [5.74, 6) is 0. The van der Waals surface area contributed by atoms with E-state index in [0.717, 1.165) is 16.8 Å². The minimum atomic E-state index is -4.51. The maximum atomic E-state index is 12.8. The minimum Gasteiger partial charge on any atom is -0.442 e. The van der Waals surface area contributed by atoms with E-state index in [1.807, 2.05) is 0 Å². The second kappa shape index (κ2) is 5.60. The molecule has 0 aliphatic rings. The number of aromatic nitrogens is 2. The normalized spacial score (nSPS) is 12.3. The number of nitrogens with zero attached hydrogens (tertiary/aromatic N) is 2. The molecule has 2 rings (SSSR count). The van der Waals surface area contributed by atoms with Crippen molar-refractivity contribution in [1.82, 2.24) is 9.78 Å². The third-order valence-electron chi connectivity index (χ3n) is 2.78. The van der Waals surface area contributed by atoms with Crippen LogP contribution in [0.2, 0.25) is 0 Å². The Balaban J connectivity index is 2.34. The molecule has 2 N–H and O–H groups in total. The van der Waals surface area contributed by atoms with Gasteiger partial charge in [0.1, 0.15) is 5.60 Å². The zero-order valence-corrected chi connectivity index (χ0v) is 12.8. The first-order valence-electron chi connectivity index (χ1n) is 6.72. The molecule has 1 heterocycles. The number of anilines is 1. The number of halogens is 3. The van der Waals surface area contributed by atoms with Gasteiger partial charge in [-0.1, -0.05) is 0 Å². The Morgan fingerprint density at radius 1 is 1.17 bits per heavy atom. The number of hydrogen-bond donors (Lipinski definition) is 1. The van der Waals surface area contributed by atoms with Crippen LogP contribution >= 0.6 is 0 Å². The fraction of sp³-hybridized carbons (Fsp3) is 0.333. The van der Waals surface area contributed by atoms with Gasteiger partial charge in [-0.05, 0) is 44.5 Å². The van der Waals surface area contributed by atoms with Crippen LogP contribution in [0.25, 0.3) is 11.1 Å². The van der Waals surface area contributed by atoms with Crippen LogP contribution in [-0.2, 0) is 10.9 Å². The number of carbonyl (C=O) groups is 1.